The highest BCUT2D eigenvalue weighted by Crippen LogP contribution is 2.30. The second-order valence-corrected chi connectivity index (χ2v) is 5.46. The number of rotatable bonds is 8. The Kier molecular flexibility index (Phi) is 7.08. The van der Waals surface area contributed by atoms with Gasteiger partial charge in [0.05, 0.1) is 19.8 Å². The van der Waals surface area contributed by atoms with Gasteiger partial charge in [-0.3, -0.25) is 4.79 Å². The lowest BCUT2D eigenvalue weighted by Crippen LogP contribution is -2.08. The van der Waals surface area contributed by atoms with Gasteiger partial charge in [0.25, 0.3) is 0 Å². The lowest BCUT2D eigenvalue weighted by molar-refractivity contribution is -0.128. The zero-order valence-electron chi connectivity index (χ0n) is 15.4. The average molecular weight is 392 g/mol. The van der Waals surface area contributed by atoms with Gasteiger partial charge in [-0.2, -0.15) is 8.78 Å². The molecule has 0 heterocycles. The molecule has 8 heteroatoms. The summed E-state index contributed by atoms with van der Waals surface area (Å²) in [6.07, 6.45) is 2.54. The predicted molar refractivity (Wildman–Crippen MR) is 97.3 cm³/mol. The minimum Gasteiger partial charge on any atom is -0.497 e. The summed E-state index contributed by atoms with van der Waals surface area (Å²) in [5.41, 5.74) is 0.727. The summed E-state index contributed by atoms with van der Waals surface area (Å²) in [5, 5.41) is 0. The van der Waals surface area contributed by atoms with Crippen LogP contribution < -0.4 is 18.9 Å². The quantitative estimate of drug-likeness (QED) is 0.291. The normalized spacial score (nSPS) is 10.8. The molecular weight excluding hydrogens is 374 g/mol. The van der Waals surface area contributed by atoms with Gasteiger partial charge in [-0.05, 0) is 42.8 Å². The Morgan fingerprint density at radius 3 is 2.32 bits per heavy atom. The van der Waals surface area contributed by atoms with Gasteiger partial charge in [0.15, 0.2) is 17.3 Å². The molecule has 0 aromatic heterocycles. The number of esters is 1. The number of ketones is 1. The van der Waals surface area contributed by atoms with Crippen molar-refractivity contribution < 1.29 is 37.3 Å². The lowest BCUT2D eigenvalue weighted by atomic mass is 10.1. The Morgan fingerprint density at radius 2 is 1.71 bits per heavy atom. The molecule has 2 aromatic carbocycles. The summed E-state index contributed by atoms with van der Waals surface area (Å²) in [4.78, 5) is 23.8. The fourth-order valence-electron chi connectivity index (χ4n) is 2.29. The zero-order chi connectivity index (χ0) is 20.7. The summed E-state index contributed by atoms with van der Waals surface area (Å²) >= 11 is 0. The summed E-state index contributed by atoms with van der Waals surface area (Å²) in [6.45, 7) is -1.63. The Balaban J connectivity index is 2.17. The van der Waals surface area contributed by atoms with E-state index in [4.69, 9.17) is 14.2 Å². The van der Waals surface area contributed by atoms with Gasteiger partial charge in [0.1, 0.15) is 11.5 Å². The number of methoxy groups -OCH3 is 2. The van der Waals surface area contributed by atoms with Gasteiger partial charge in [0.2, 0.25) is 0 Å². The van der Waals surface area contributed by atoms with Gasteiger partial charge in [0, 0.05) is 12.1 Å². The van der Waals surface area contributed by atoms with Crippen LogP contribution in [-0.2, 0) is 4.79 Å². The molecule has 0 fully saturated rings. The van der Waals surface area contributed by atoms with E-state index in [2.05, 4.69) is 4.74 Å². The predicted octanol–water partition coefficient (Wildman–Crippen LogP) is 4.13. The fraction of sp³-hybridized carbons (Fsp3) is 0.200. The van der Waals surface area contributed by atoms with E-state index in [0.29, 0.717) is 11.3 Å². The topological polar surface area (TPSA) is 71.1 Å². The maximum Gasteiger partial charge on any atom is 0.387 e. The fourth-order valence-corrected chi connectivity index (χ4v) is 2.29. The van der Waals surface area contributed by atoms with Gasteiger partial charge >= 0.3 is 12.6 Å². The molecule has 0 saturated heterocycles. The molecule has 0 bridgehead atoms. The summed E-state index contributed by atoms with van der Waals surface area (Å²) < 4.78 is 44.3. The molecule has 0 aliphatic carbocycles. The van der Waals surface area contributed by atoms with Gasteiger partial charge < -0.3 is 18.9 Å². The highest BCUT2D eigenvalue weighted by Gasteiger charge is 2.13. The third-order valence-corrected chi connectivity index (χ3v) is 3.59. The first-order valence-electron chi connectivity index (χ1n) is 8.05. The monoisotopic (exact) mass is 392 g/mol. The van der Waals surface area contributed by atoms with E-state index in [1.54, 1.807) is 6.07 Å². The number of alkyl halides is 2. The standard InChI is InChI=1S/C20H18F2O6/c1-12(23)15-7-6-14(25-2)11-17(15)27-19(24)9-5-13-4-8-16(28-20(21)22)18(10-13)26-3/h4-11,20H,1-3H3/b9-5+. The third kappa shape index (κ3) is 5.54. The number of benzene rings is 2. The number of hydrogen-bond acceptors (Lipinski definition) is 6. The average Bonchev–Trinajstić information content (AvgIpc) is 2.66. The van der Waals surface area contributed by atoms with E-state index >= 15 is 0 Å². The number of halogens is 2. The van der Waals surface area contributed by atoms with E-state index in [0.717, 1.165) is 6.08 Å². The van der Waals surface area contributed by atoms with Gasteiger partial charge in [-0.15, -0.1) is 0 Å². The molecule has 28 heavy (non-hydrogen) atoms. The summed E-state index contributed by atoms with van der Waals surface area (Å²) in [7, 11) is 2.75. The van der Waals surface area contributed by atoms with Gasteiger partial charge in [-0.1, -0.05) is 6.07 Å². The highest BCUT2D eigenvalue weighted by molar-refractivity contribution is 5.98. The van der Waals surface area contributed by atoms with E-state index in [-0.39, 0.29) is 28.6 Å². The Bertz CT molecular complexity index is 892. The maximum atomic E-state index is 12.4. The number of Topliss-reactive ketones (excluding diaryl/α,β-unsaturated/α-hetero) is 1. The Labute approximate surface area is 160 Å². The molecule has 0 aliphatic rings. The first kappa shape index (κ1) is 20.9. The summed E-state index contributed by atoms with van der Waals surface area (Å²) in [6, 6.07) is 8.71. The highest BCUT2D eigenvalue weighted by atomic mass is 19.3. The first-order chi connectivity index (χ1) is 13.3. The summed E-state index contributed by atoms with van der Waals surface area (Å²) in [5.74, 6) is -0.547. The molecule has 2 aromatic rings. The number of carbonyl (C=O) groups is 2. The van der Waals surface area contributed by atoms with E-state index in [1.807, 2.05) is 0 Å². The van der Waals surface area contributed by atoms with Crippen LogP contribution in [0.15, 0.2) is 42.5 Å². The molecule has 0 unspecified atom stereocenters. The second-order valence-electron chi connectivity index (χ2n) is 5.46. The minimum atomic E-state index is -2.98. The van der Waals surface area contributed by atoms with Crippen molar-refractivity contribution in [2.75, 3.05) is 14.2 Å². The van der Waals surface area contributed by atoms with Crippen molar-refractivity contribution in [3.8, 4) is 23.0 Å². The van der Waals surface area contributed by atoms with Crippen molar-refractivity contribution in [2.45, 2.75) is 13.5 Å². The molecule has 6 nitrogen and oxygen atoms in total. The van der Waals surface area contributed by atoms with Crippen LogP contribution in [0.5, 0.6) is 23.0 Å². The van der Waals surface area contributed by atoms with Crippen LogP contribution in [0, 0.1) is 0 Å². The van der Waals surface area contributed by atoms with Crippen molar-refractivity contribution in [1.82, 2.24) is 0 Å². The molecule has 0 aliphatic heterocycles. The lowest BCUT2D eigenvalue weighted by Gasteiger charge is -2.10. The number of hydrogen-bond donors (Lipinski definition) is 0. The molecule has 0 spiro atoms. The zero-order valence-corrected chi connectivity index (χ0v) is 15.4. The molecule has 0 saturated carbocycles. The maximum absolute atomic E-state index is 12.4. The van der Waals surface area contributed by atoms with Crippen molar-refractivity contribution in [1.29, 1.82) is 0 Å². The Morgan fingerprint density at radius 1 is 0.964 bits per heavy atom. The van der Waals surface area contributed by atoms with Crippen LogP contribution in [0.3, 0.4) is 0 Å². The van der Waals surface area contributed by atoms with Crippen molar-refractivity contribution in [3.05, 3.63) is 53.6 Å². The Hall–Kier alpha value is -3.42. The molecule has 0 amide bonds. The van der Waals surface area contributed by atoms with Crippen molar-refractivity contribution in [3.63, 3.8) is 0 Å². The molecular formula is C20H18F2O6. The molecule has 2 rings (SSSR count). The van der Waals surface area contributed by atoms with Crippen LogP contribution in [-0.4, -0.2) is 32.6 Å². The second kappa shape index (κ2) is 9.50. The first-order valence-corrected chi connectivity index (χ1v) is 8.05. The SMILES string of the molecule is COc1ccc(C(C)=O)c(OC(=O)/C=C/c2ccc(OC(F)F)c(OC)c2)c1. The number of carbonyl (C=O) groups excluding carboxylic acids is 2. The molecule has 0 atom stereocenters. The van der Waals surface area contributed by atoms with Crippen LogP contribution in [0.25, 0.3) is 6.08 Å². The third-order valence-electron chi connectivity index (χ3n) is 3.59. The number of ether oxygens (including phenoxy) is 4. The molecule has 0 radical (unpaired) electrons. The van der Waals surface area contributed by atoms with E-state index in [1.165, 1.54) is 57.6 Å². The van der Waals surface area contributed by atoms with Crippen LogP contribution in [0.1, 0.15) is 22.8 Å². The molecule has 0 N–H and O–H groups in total. The minimum absolute atomic E-state index is 0.0692. The van der Waals surface area contributed by atoms with E-state index in [9.17, 15) is 18.4 Å². The van der Waals surface area contributed by atoms with Crippen molar-refractivity contribution in [2.24, 2.45) is 0 Å². The van der Waals surface area contributed by atoms with Gasteiger partial charge in [-0.25, -0.2) is 4.79 Å². The van der Waals surface area contributed by atoms with Crippen molar-refractivity contribution >= 4 is 17.8 Å². The van der Waals surface area contributed by atoms with Crippen LogP contribution in [0.4, 0.5) is 8.78 Å². The molecule has 148 valence electrons. The smallest absolute Gasteiger partial charge is 0.387 e. The largest absolute Gasteiger partial charge is 0.497 e. The van der Waals surface area contributed by atoms with E-state index < -0.39 is 12.6 Å². The van der Waals surface area contributed by atoms with Crippen LogP contribution >= 0.6 is 0 Å². The van der Waals surface area contributed by atoms with Crippen LogP contribution in [0.2, 0.25) is 0 Å².